The second kappa shape index (κ2) is 55.4. The third-order valence-electron chi connectivity index (χ3n) is 10.2. The van der Waals surface area contributed by atoms with Crippen molar-refractivity contribution >= 4 is 17.9 Å². The summed E-state index contributed by atoms with van der Waals surface area (Å²) in [4.78, 5) is 38.0. The van der Waals surface area contributed by atoms with Gasteiger partial charge < -0.3 is 14.2 Å². The molecule has 0 N–H and O–H groups in total. The van der Waals surface area contributed by atoms with Crippen molar-refractivity contribution in [3.63, 3.8) is 0 Å². The van der Waals surface area contributed by atoms with Crippen molar-refractivity contribution in [3.05, 3.63) is 170 Å². The van der Waals surface area contributed by atoms with Gasteiger partial charge in [-0.15, -0.1) is 0 Å². The molecule has 1 atom stereocenters. The van der Waals surface area contributed by atoms with Crippen molar-refractivity contribution in [2.24, 2.45) is 0 Å². The Kier molecular flexibility index (Phi) is 51.2. The average Bonchev–Trinajstić information content (AvgIpc) is 3.35. The zero-order valence-electron chi connectivity index (χ0n) is 43.5. The van der Waals surface area contributed by atoms with Gasteiger partial charge in [0, 0.05) is 19.3 Å². The maximum Gasteiger partial charge on any atom is 0.306 e. The van der Waals surface area contributed by atoms with Gasteiger partial charge in [0.25, 0.3) is 0 Å². The molecule has 382 valence electrons. The van der Waals surface area contributed by atoms with E-state index >= 15 is 0 Å². The molecule has 6 nitrogen and oxygen atoms in total. The second-order valence-corrected chi connectivity index (χ2v) is 16.6. The van der Waals surface area contributed by atoms with Crippen molar-refractivity contribution in [2.75, 3.05) is 13.2 Å². The lowest BCUT2D eigenvalue weighted by molar-refractivity contribution is -0.166. The highest BCUT2D eigenvalue weighted by Crippen LogP contribution is 2.11. The summed E-state index contributed by atoms with van der Waals surface area (Å²) in [6.45, 7) is 6.14. The van der Waals surface area contributed by atoms with E-state index in [1.165, 1.54) is 0 Å². The maximum absolute atomic E-state index is 12.8. The van der Waals surface area contributed by atoms with E-state index in [1.807, 2.05) is 12.2 Å². The minimum absolute atomic E-state index is 0.147. The summed E-state index contributed by atoms with van der Waals surface area (Å²) < 4.78 is 16.7. The van der Waals surface area contributed by atoms with Crippen LogP contribution in [0.4, 0.5) is 0 Å². The lowest BCUT2D eigenvalue weighted by Crippen LogP contribution is -2.30. The Labute approximate surface area is 422 Å². The van der Waals surface area contributed by atoms with E-state index in [9.17, 15) is 14.4 Å². The van der Waals surface area contributed by atoms with E-state index < -0.39 is 6.10 Å². The number of rotatable bonds is 45. The Balaban J connectivity index is 4.66. The van der Waals surface area contributed by atoms with Crippen LogP contribution in [-0.2, 0) is 28.6 Å². The Morgan fingerprint density at radius 1 is 0.290 bits per heavy atom. The van der Waals surface area contributed by atoms with Gasteiger partial charge in [0.2, 0.25) is 0 Å². The fraction of sp³-hybridized carbons (Fsp3) is 0.508. The second-order valence-electron chi connectivity index (χ2n) is 16.6. The highest BCUT2D eigenvalue weighted by Gasteiger charge is 2.19. The van der Waals surface area contributed by atoms with Gasteiger partial charge in [-0.3, -0.25) is 14.4 Å². The molecule has 0 aromatic carbocycles. The van der Waals surface area contributed by atoms with Crippen molar-refractivity contribution in [3.8, 4) is 0 Å². The van der Waals surface area contributed by atoms with Crippen LogP contribution in [0, 0.1) is 0 Å². The number of allylic oxidation sites excluding steroid dienone is 28. The number of hydrogen-bond acceptors (Lipinski definition) is 6. The van der Waals surface area contributed by atoms with E-state index in [4.69, 9.17) is 14.2 Å². The number of esters is 3. The van der Waals surface area contributed by atoms with Crippen molar-refractivity contribution in [1.82, 2.24) is 0 Å². The molecule has 0 bridgehead atoms. The van der Waals surface area contributed by atoms with Gasteiger partial charge in [0.05, 0.1) is 0 Å². The molecule has 0 amide bonds. The highest BCUT2D eigenvalue weighted by atomic mass is 16.6. The zero-order chi connectivity index (χ0) is 50.0. The first-order valence-corrected chi connectivity index (χ1v) is 26.6. The molecule has 0 saturated heterocycles. The molecule has 69 heavy (non-hydrogen) atoms. The van der Waals surface area contributed by atoms with Gasteiger partial charge in [-0.2, -0.15) is 0 Å². The molecule has 0 aromatic rings. The number of ether oxygens (including phenoxy) is 3. The molecule has 0 rings (SSSR count). The van der Waals surface area contributed by atoms with Gasteiger partial charge in [-0.1, -0.05) is 210 Å². The summed E-state index contributed by atoms with van der Waals surface area (Å²) in [5.74, 6) is -1.12. The summed E-state index contributed by atoms with van der Waals surface area (Å²) >= 11 is 0. The van der Waals surface area contributed by atoms with Gasteiger partial charge in [0.15, 0.2) is 6.10 Å². The fourth-order valence-corrected chi connectivity index (χ4v) is 6.34. The number of carbonyl (C=O) groups excluding carboxylic acids is 3. The molecule has 0 spiro atoms. The maximum atomic E-state index is 12.8. The van der Waals surface area contributed by atoms with Crippen LogP contribution in [0.25, 0.3) is 0 Å². The number of carbonyl (C=O) groups is 3. The first-order chi connectivity index (χ1) is 34.0. The Morgan fingerprint density at radius 3 is 0.942 bits per heavy atom. The smallest absolute Gasteiger partial charge is 0.306 e. The molecule has 6 heteroatoms. The monoisotopic (exact) mass is 947 g/mol. The van der Waals surface area contributed by atoms with E-state index in [2.05, 4.69) is 179 Å². The van der Waals surface area contributed by atoms with Crippen LogP contribution < -0.4 is 0 Å². The fourth-order valence-electron chi connectivity index (χ4n) is 6.34. The molecule has 0 fully saturated rings. The largest absolute Gasteiger partial charge is 0.462 e. The molecule has 0 aliphatic carbocycles. The SMILES string of the molecule is CCC=CCC=CCC=CCC=CCC=CCC=CCCC(=O)OC[C@@H](COC(=O)CCCC=CCC=CCC=CCC=CCC=CCC)OC(=O)CCCCCCCC=CCC=CCC=CCC. The molecule has 0 unspecified atom stereocenters. The molecule has 0 saturated carbocycles. The predicted octanol–water partition coefficient (Wildman–Crippen LogP) is 18.0. The summed E-state index contributed by atoms with van der Waals surface area (Å²) in [6.07, 6.45) is 82.1. The zero-order valence-corrected chi connectivity index (χ0v) is 43.5. The lowest BCUT2D eigenvalue weighted by Gasteiger charge is -2.18. The first kappa shape index (κ1) is 63.8. The standard InChI is InChI=1S/C63H94O6/c1-4-7-10-13-16-19-22-25-28-30-31-33-36-38-41-44-47-50-53-56-62(65)68-59-60(69-63(66)57-54-51-48-45-42-39-34-27-24-21-18-15-12-9-6-3)58-67-61(64)55-52-49-46-43-40-37-35-32-29-26-23-20-17-14-11-8-5-2/h7-12,16-21,25-29,31,33-35,37-38,41,43,46-47,50,60H,4-6,13-15,22-24,30,32,36,39-40,42,44-45,48-49,51-59H2,1-3H3/t60-/m1/s1. The summed E-state index contributed by atoms with van der Waals surface area (Å²) in [5.41, 5.74) is 0. The van der Waals surface area contributed by atoms with Gasteiger partial charge >= 0.3 is 17.9 Å². The van der Waals surface area contributed by atoms with E-state index in [0.29, 0.717) is 12.8 Å². The van der Waals surface area contributed by atoms with Crippen LogP contribution in [0.3, 0.4) is 0 Å². The predicted molar refractivity (Wildman–Crippen MR) is 297 cm³/mol. The Bertz CT molecular complexity index is 1650. The minimum atomic E-state index is -0.850. The van der Waals surface area contributed by atoms with Crippen molar-refractivity contribution < 1.29 is 28.6 Å². The van der Waals surface area contributed by atoms with Crippen LogP contribution in [0.15, 0.2) is 170 Å². The molecule has 0 radical (unpaired) electrons. The summed E-state index contributed by atoms with van der Waals surface area (Å²) in [6, 6.07) is 0. The first-order valence-electron chi connectivity index (χ1n) is 26.6. The molecule has 0 aliphatic rings. The van der Waals surface area contributed by atoms with Crippen LogP contribution >= 0.6 is 0 Å². The van der Waals surface area contributed by atoms with Gasteiger partial charge in [0.1, 0.15) is 13.2 Å². The lowest BCUT2D eigenvalue weighted by atomic mass is 10.1. The van der Waals surface area contributed by atoms with Crippen LogP contribution in [0.1, 0.15) is 188 Å². The topological polar surface area (TPSA) is 78.9 Å². The third-order valence-corrected chi connectivity index (χ3v) is 10.2. The van der Waals surface area contributed by atoms with Crippen LogP contribution in [0.5, 0.6) is 0 Å². The molecular formula is C63H94O6. The summed E-state index contributed by atoms with van der Waals surface area (Å²) in [5, 5.41) is 0. The highest BCUT2D eigenvalue weighted by molar-refractivity contribution is 5.71. The van der Waals surface area contributed by atoms with Crippen molar-refractivity contribution in [2.45, 2.75) is 194 Å². The molecule has 0 aliphatic heterocycles. The quantitative estimate of drug-likeness (QED) is 0.0262. The van der Waals surface area contributed by atoms with E-state index in [0.717, 1.165) is 135 Å². The molecule has 0 aromatic heterocycles. The van der Waals surface area contributed by atoms with Crippen LogP contribution in [-0.4, -0.2) is 37.2 Å². The third kappa shape index (κ3) is 53.6. The summed E-state index contributed by atoms with van der Waals surface area (Å²) in [7, 11) is 0. The average molecular weight is 947 g/mol. The van der Waals surface area contributed by atoms with Gasteiger partial charge in [-0.25, -0.2) is 0 Å². The Morgan fingerprint density at radius 2 is 0.565 bits per heavy atom. The molecular weight excluding hydrogens is 853 g/mol. The van der Waals surface area contributed by atoms with Crippen LogP contribution in [0.2, 0.25) is 0 Å². The van der Waals surface area contributed by atoms with Gasteiger partial charge in [-0.05, 0) is 128 Å². The van der Waals surface area contributed by atoms with E-state index in [1.54, 1.807) is 0 Å². The van der Waals surface area contributed by atoms with E-state index in [-0.39, 0.29) is 50.4 Å². The molecule has 0 heterocycles. The van der Waals surface area contributed by atoms with Crippen molar-refractivity contribution in [1.29, 1.82) is 0 Å². The number of unbranched alkanes of at least 4 members (excludes halogenated alkanes) is 6. The number of hydrogen-bond donors (Lipinski definition) is 0. The minimum Gasteiger partial charge on any atom is -0.462 e. The normalized spacial score (nSPS) is 13.5. The Hall–Kier alpha value is -5.23.